The van der Waals surface area contributed by atoms with Gasteiger partial charge in [-0.15, -0.1) is 0 Å². The number of aromatic carboxylic acids is 1. The summed E-state index contributed by atoms with van der Waals surface area (Å²) in [6.07, 6.45) is 3.05. The number of carboxylic acid groups (broad SMARTS) is 1. The van der Waals surface area contributed by atoms with E-state index >= 15 is 0 Å². The van der Waals surface area contributed by atoms with Gasteiger partial charge in [0.15, 0.2) is 0 Å². The summed E-state index contributed by atoms with van der Waals surface area (Å²) in [5.41, 5.74) is 0.925. The maximum absolute atomic E-state index is 12.9. The Morgan fingerprint density at radius 3 is 2.00 bits per heavy atom. The van der Waals surface area contributed by atoms with E-state index in [1.807, 2.05) is 0 Å². The molecule has 3 aliphatic rings. The number of hydrogen-bond acceptors (Lipinski definition) is 4. The summed E-state index contributed by atoms with van der Waals surface area (Å²) >= 11 is 0. The third-order valence-corrected chi connectivity index (χ3v) is 6.71. The second kappa shape index (κ2) is 6.79. The molecule has 2 aromatic rings. The molecule has 2 saturated carbocycles. The molecule has 152 valence electrons. The number of imide groups is 1. The number of hydrogen-bond donors (Lipinski definition) is 2. The second-order valence-corrected chi connectivity index (χ2v) is 8.25. The zero-order valence-electron chi connectivity index (χ0n) is 16.1. The lowest BCUT2D eigenvalue weighted by Crippen LogP contribution is -2.32. The Hall–Kier alpha value is -3.48. The number of nitrogens with zero attached hydrogens (tertiary/aromatic N) is 1. The molecule has 0 spiro atoms. The first-order valence-electron chi connectivity index (χ1n) is 10.1. The number of carboxylic acids is 1. The molecule has 1 heterocycles. The second-order valence-electron chi connectivity index (χ2n) is 8.25. The van der Waals surface area contributed by atoms with Crippen molar-refractivity contribution in [3.63, 3.8) is 0 Å². The van der Waals surface area contributed by atoms with Crippen LogP contribution in [-0.4, -0.2) is 28.8 Å². The molecule has 2 N–H and O–H groups in total. The number of nitrogens with one attached hydrogen (secondary N) is 1. The predicted octanol–water partition coefficient (Wildman–Crippen LogP) is 3.17. The van der Waals surface area contributed by atoms with E-state index in [2.05, 4.69) is 5.32 Å². The first-order valence-corrected chi connectivity index (χ1v) is 10.1. The molecule has 30 heavy (non-hydrogen) atoms. The van der Waals surface area contributed by atoms with Gasteiger partial charge in [0, 0.05) is 5.69 Å². The maximum atomic E-state index is 12.9. The van der Waals surface area contributed by atoms with Gasteiger partial charge >= 0.3 is 5.97 Å². The molecule has 1 aliphatic heterocycles. The highest BCUT2D eigenvalue weighted by atomic mass is 16.4. The number of carbonyl (C=O) groups excluding carboxylic acids is 3. The van der Waals surface area contributed by atoms with Crippen LogP contribution in [0.4, 0.5) is 11.4 Å². The number of anilines is 2. The molecular weight excluding hydrogens is 384 g/mol. The standard InChI is InChI=1S/C23H20N2O5/c26-20(16-3-1-2-4-17(16)23(29)30)24-14-7-9-15(10-8-14)25-21(27)18-12-5-6-13(11-12)19(18)22(25)28/h1-4,7-10,12-13,18-19H,5-6,11H2,(H,24,26)(H,29,30)/t12-,13-,18+,19+/m0/s1. The van der Waals surface area contributed by atoms with Crippen LogP contribution in [-0.2, 0) is 9.59 Å². The number of rotatable bonds is 4. The first-order chi connectivity index (χ1) is 14.5. The van der Waals surface area contributed by atoms with Gasteiger partial charge in [-0.25, -0.2) is 4.79 Å². The molecule has 0 unspecified atom stereocenters. The van der Waals surface area contributed by atoms with Crippen molar-refractivity contribution < 1.29 is 24.3 Å². The lowest BCUT2D eigenvalue weighted by atomic mass is 9.81. The molecule has 5 rings (SSSR count). The minimum absolute atomic E-state index is 0.0577. The lowest BCUT2D eigenvalue weighted by molar-refractivity contribution is -0.123. The van der Waals surface area contributed by atoms with Crippen LogP contribution in [0.2, 0.25) is 0 Å². The highest BCUT2D eigenvalue weighted by Gasteiger charge is 2.61. The summed E-state index contributed by atoms with van der Waals surface area (Å²) in [5, 5.41) is 11.9. The summed E-state index contributed by atoms with van der Waals surface area (Å²) in [7, 11) is 0. The summed E-state index contributed by atoms with van der Waals surface area (Å²) in [4.78, 5) is 50.9. The van der Waals surface area contributed by atoms with E-state index in [0.717, 1.165) is 19.3 Å². The first kappa shape index (κ1) is 18.5. The fourth-order valence-corrected chi connectivity index (χ4v) is 5.42. The van der Waals surface area contributed by atoms with Gasteiger partial charge in [-0.1, -0.05) is 12.1 Å². The molecule has 7 nitrogen and oxygen atoms in total. The molecule has 7 heteroatoms. The monoisotopic (exact) mass is 404 g/mol. The summed E-state index contributed by atoms with van der Waals surface area (Å²) < 4.78 is 0. The van der Waals surface area contributed by atoms with Gasteiger partial charge in [0.1, 0.15) is 0 Å². The van der Waals surface area contributed by atoms with Crippen LogP contribution in [0.5, 0.6) is 0 Å². The normalized spacial score (nSPS) is 26.7. The smallest absolute Gasteiger partial charge is 0.336 e. The van der Waals surface area contributed by atoms with Crippen molar-refractivity contribution in [3.8, 4) is 0 Å². The van der Waals surface area contributed by atoms with Gasteiger partial charge in [-0.2, -0.15) is 0 Å². The van der Waals surface area contributed by atoms with E-state index in [4.69, 9.17) is 0 Å². The largest absolute Gasteiger partial charge is 0.478 e. The van der Waals surface area contributed by atoms with Crippen LogP contribution >= 0.6 is 0 Å². The minimum Gasteiger partial charge on any atom is -0.478 e. The van der Waals surface area contributed by atoms with E-state index in [0.29, 0.717) is 23.2 Å². The van der Waals surface area contributed by atoms with Gasteiger partial charge < -0.3 is 10.4 Å². The van der Waals surface area contributed by atoms with Crippen molar-refractivity contribution in [2.75, 3.05) is 10.2 Å². The average molecular weight is 404 g/mol. The fraction of sp³-hybridized carbons (Fsp3) is 0.304. The molecule has 4 atom stereocenters. The predicted molar refractivity (Wildman–Crippen MR) is 108 cm³/mol. The Morgan fingerprint density at radius 2 is 1.43 bits per heavy atom. The third kappa shape index (κ3) is 2.73. The third-order valence-electron chi connectivity index (χ3n) is 6.71. The van der Waals surface area contributed by atoms with Crippen LogP contribution in [0.3, 0.4) is 0 Å². The van der Waals surface area contributed by atoms with E-state index in [1.54, 1.807) is 36.4 Å². The van der Waals surface area contributed by atoms with Crippen molar-refractivity contribution in [3.05, 3.63) is 59.7 Å². The SMILES string of the molecule is O=C(O)c1ccccc1C(=O)Nc1ccc(N2C(=O)[C@@H]3[C@H]4CC[C@@H](C4)[C@H]3C2=O)cc1. The summed E-state index contributed by atoms with van der Waals surface area (Å²) in [6, 6.07) is 12.5. The van der Waals surface area contributed by atoms with E-state index in [9.17, 15) is 24.3 Å². The molecule has 0 radical (unpaired) electrons. The number of amides is 3. The average Bonchev–Trinajstić information content (AvgIpc) is 3.42. The Morgan fingerprint density at radius 1 is 0.867 bits per heavy atom. The van der Waals surface area contributed by atoms with Crippen LogP contribution < -0.4 is 10.2 Å². The molecule has 3 fully saturated rings. The molecule has 2 aliphatic carbocycles. The van der Waals surface area contributed by atoms with Gasteiger partial charge in [0.2, 0.25) is 11.8 Å². The van der Waals surface area contributed by atoms with Gasteiger partial charge in [-0.3, -0.25) is 19.3 Å². The molecule has 3 amide bonds. The van der Waals surface area contributed by atoms with Crippen molar-refractivity contribution >= 4 is 35.1 Å². The van der Waals surface area contributed by atoms with Crippen LogP contribution in [0.15, 0.2) is 48.5 Å². The quantitative estimate of drug-likeness (QED) is 0.762. The number of fused-ring (bicyclic) bond motifs is 5. The van der Waals surface area contributed by atoms with Crippen LogP contribution in [0, 0.1) is 23.7 Å². The zero-order chi connectivity index (χ0) is 21.0. The van der Waals surface area contributed by atoms with Gasteiger partial charge in [-0.05, 0) is 67.5 Å². The van der Waals surface area contributed by atoms with Crippen molar-refractivity contribution in [1.82, 2.24) is 0 Å². The highest BCUT2D eigenvalue weighted by molar-refractivity contribution is 6.22. The number of carbonyl (C=O) groups is 4. The van der Waals surface area contributed by atoms with E-state index in [-0.39, 0.29) is 34.8 Å². The summed E-state index contributed by atoms with van der Waals surface area (Å²) in [5.74, 6) is -1.63. The van der Waals surface area contributed by atoms with E-state index < -0.39 is 11.9 Å². The van der Waals surface area contributed by atoms with Gasteiger partial charge in [0.05, 0.1) is 28.7 Å². The Kier molecular flexibility index (Phi) is 4.20. The Bertz CT molecular complexity index is 1050. The molecule has 1 saturated heterocycles. The van der Waals surface area contributed by atoms with Crippen molar-refractivity contribution in [2.45, 2.75) is 19.3 Å². The molecule has 2 bridgehead atoms. The van der Waals surface area contributed by atoms with Crippen molar-refractivity contribution in [2.24, 2.45) is 23.7 Å². The zero-order valence-corrected chi connectivity index (χ0v) is 16.1. The molecule has 2 aromatic carbocycles. The Balaban J connectivity index is 1.34. The molecular formula is C23H20N2O5. The fourth-order valence-electron chi connectivity index (χ4n) is 5.42. The minimum atomic E-state index is -1.18. The lowest BCUT2D eigenvalue weighted by Gasteiger charge is -2.19. The van der Waals surface area contributed by atoms with Crippen LogP contribution in [0.25, 0.3) is 0 Å². The topological polar surface area (TPSA) is 104 Å². The maximum Gasteiger partial charge on any atom is 0.336 e. The van der Waals surface area contributed by atoms with Gasteiger partial charge in [0.25, 0.3) is 5.91 Å². The van der Waals surface area contributed by atoms with Crippen molar-refractivity contribution in [1.29, 1.82) is 0 Å². The molecule has 0 aromatic heterocycles. The van der Waals surface area contributed by atoms with E-state index in [1.165, 1.54) is 17.0 Å². The Labute approximate surface area is 172 Å². The summed E-state index contributed by atoms with van der Waals surface area (Å²) in [6.45, 7) is 0. The number of benzene rings is 2. The highest BCUT2D eigenvalue weighted by Crippen LogP contribution is 2.56. The van der Waals surface area contributed by atoms with Crippen LogP contribution in [0.1, 0.15) is 40.0 Å².